The lowest BCUT2D eigenvalue weighted by atomic mass is 10.2. The van der Waals surface area contributed by atoms with Crippen molar-refractivity contribution in [3.8, 4) is 11.3 Å². The van der Waals surface area contributed by atoms with E-state index in [9.17, 15) is 4.79 Å². The highest BCUT2D eigenvalue weighted by Crippen LogP contribution is 2.26. The molecule has 0 saturated heterocycles. The number of thioether (sulfide) groups is 1. The van der Waals surface area contributed by atoms with Crippen LogP contribution >= 0.6 is 39.0 Å². The largest absolute Gasteiger partial charge is 0.341 e. The second-order valence-electron chi connectivity index (χ2n) is 5.66. The third-order valence-corrected chi connectivity index (χ3v) is 6.13. The Bertz CT molecular complexity index is 844. The summed E-state index contributed by atoms with van der Waals surface area (Å²) >= 11 is 6.57. The summed E-state index contributed by atoms with van der Waals surface area (Å²) < 4.78 is 3.08. The van der Waals surface area contributed by atoms with Crippen molar-refractivity contribution in [1.29, 1.82) is 0 Å². The fourth-order valence-corrected chi connectivity index (χ4v) is 4.21. The van der Waals surface area contributed by atoms with Gasteiger partial charge in [0.05, 0.1) is 17.6 Å². The van der Waals surface area contributed by atoms with Crippen LogP contribution in [0.1, 0.15) is 5.56 Å². The number of hydrogen-bond acceptors (Lipinski definition) is 4. The highest BCUT2D eigenvalue weighted by Gasteiger charge is 2.14. The molecule has 0 unspecified atom stereocenters. The molecule has 7 heteroatoms. The number of hydrogen-bond donors (Lipinski definition) is 0. The van der Waals surface area contributed by atoms with Crippen LogP contribution in [0.5, 0.6) is 0 Å². The van der Waals surface area contributed by atoms with Crippen LogP contribution in [0.3, 0.4) is 0 Å². The van der Waals surface area contributed by atoms with E-state index in [0.29, 0.717) is 12.3 Å². The molecule has 4 nitrogen and oxygen atoms in total. The van der Waals surface area contributed by atoms with Crippen LogP contribution in [0.15, 0.2) is 56.9 Å². The van der Waals surface area contributed by atoms with Gasteiger partial charge in [-0.1, -0.05) is 39.8 Å². The zero-order valence-corrected chi connectivity index (χ0v) is 17.2. The first kappa shape index (κ1) is 18.2. The quantitative estimate of drug-likeness (QED) is 0.528. The molecule has 0 N–H and O–H groups in total. The molecule has 0 radical (unpaired) electrons. The van der Waals surface area contributed by atoms with Crippen molar-refractivity contribution in [3.05, 3.63) is 57.3 Å². The van der Waals surface area contributed by atoms with Crippen LogP contribution in [0, 0.1) is 0 Å². The number of aromatic nitrogens is 2. The second-order valence-corrected chi connectivity index (χ2v) is 8.30. The maximum absolute atomic E-state index is 12.3. The van der Waals surface area contributed by atoms with Crippen molar-refractivity contribution in [2.24, 2.45) is 7.05 Å². The zero-order valence-electron chi connectivity index (χ0n) is 14.0. The fourth-order valence-electron chi connectivity index (χ4n) is 2.40. The lowest BCUT2D eigenvalue weighted by Crippen LogP contribution is -2.27. The minimum atomic E-state index is 0.101. The molecule has 3 rings (SSSR count). The third-order valence-electron chi connectivity index (χ3n) is 3.84. The number of halogens is 1. The summed E-state index contributed by atoms with van der Waals surface area (Å²) in [5.41, 5.74) is 3.31. The minimum absolute atomic E-state index is 0.101. The number of thiophene rings is 1. The Morgan fingerprint density at radius 3 is 2.76 bits per heavy atom. The zero-order chi connectivity index (χ0) is 17.8. The van der Waals surface area contributed by atoms with Gasteiger partial charge >= 0.3 is 0 Å². The molecule has 0 bridgehead atoms. The molecule has 0 aliphatic carbocycles. The Morgan fingerprint density at radius 1 is 1.32 bits per heavy atom. The number of rotatable bonds is 6. The normalized spacial score (nSPS) is 10.8. The number of imidazole rings is 1. The molecule has 0 spiro atoms. The van der Waals surface area contributed by atoms with Gasteiger partial charge < -0.3 is 9.47 Å². The van der Waals surface area contributed by atoms with Gasteiger partial charge in [-0.05, 0) is 40.1 Å². The topological polar surface area (TPSA) is 38.1 Å². The number of nitrogens with zero attached hydrogens (tertiary/aromatic N) is 3. The van der Waals surface area contributed by atoms with Gasteiger partial charge in [-0.2, -0.15) is 11.3 Å². The SMILES string of the molecule is CN(Cc1ccsc1)C(=O)CSc1ncc(-c2ccc(Br)cc2)n1C. The summed E-state index contributed by atoms with van der Waals surface area (Å²) in [4.78, 5) is 18.6. The number of carbonyl (C=O) groups excluding carboxylic acids is 1. The van der Waals surface area contributed by atoms with Crippen LogP contribution < -0.4 is 0 Å². The molecule has 130 valence electrons. The van der Waals surface area contributed by atoms with E-state index in [2.05, 4.69) is 38.4 Å². The standard InChI is InChI=1S/C18H18BrN3OS2/c1-21(10-13-7-8-24-11-13)17(23)12-25-18-20-9-16(22(18)2)14-3-5-15(19)6-4-14/h3-9,11H,10,12H2,1-2H3. The van der Waals surface area contributed by atoms with Gasteiger partial charge in [-0.15, -0.1) is 0 Å². The van der Waals surface area contributed by atoms with E-state index in [-0.39, 0.29) is 5.91 Å². The van der Waals surface area contributed by atoms with Crippen molar-refractivity contribution < 1.29 is 4.79 Å². The maximum Gasteiger partial charge on any atom is 0.233 e. The van der Waals surface area contributed by atoms with Gasteiger partial charge in [0.1, 0.15) is 0 Å². The van der Waals surface area contributed by atoms with E-state index in [1.54, 1.807) is 16.2 Å². The predicted molar refractivity (Wildman–Crippen MR) is 108 cm³/mol. The summed E-state index contributed by atoms with van der Waals surface area (Å²) in [6.07, 6.45) is 1.85. The van der Waals surface area contributed by atoms with Crippen molar-refractivity contribution in [1.82, 2.24) is 14.5 Å². The third kappa shape index (κ3) is 4.54. The first-order valence-electron chi connectivity index (χ1n) is 7.70. The smallest absolute Gasteiger partial charge is 0.233 e. The van der Waals surface area contributed by atoms with Crippen molar-refractivity contribution in [2.75, 3.05) is 12.8 Å². The van der Waals surface area contributed by atoms with Crippen LogP contribution in [0.4, 0.5) is 0 Å². The molecule has 3 aromatic rings. The highest BCUT2D eigenvalue weighted by molar-refractivity contribution is 9.10. The number of benzene rings is 1. The Labute approximate surface area is 164 Å². The summed E-state index contributed by atoms with van der Waals surface area (Å²) in [6, 6.07) is 10.2. The summed E-state index contributed by atoms with van der Waals surface area (Å²) in [6.45, 7) is 0.646. The van der Waals surface area contributed by atoms with Crippen LogP contribution in [0.25, 0.3) is 11.3 Å². The van der Waals surface area contributed by atoms with Crippen LogP contribution in [-0.4, -0.2) is 33.2 Å². The maximum atomic E-state index is 12.3. The Morgan fingerprint density at radius 2 is 2.08 bits per heavy atom. The summed E-state index contributed by atoms with van der Waals surface area (Å²) in [7, 11) is 3.82. The molecular formula is C18H18BrN3OS2. The van der Waals surface area contributed by atoms with E-state index in [1.165, 1.54) is 17.3 Å². The van der Waals surface area contributed by atoms with Crippen LogP contribution in [0.2, 0.25) is 0 Å². The molecule has 0 atom stereocenters. The molecule has 2 aromatic heterocycles. The van der Waals surface area contributed by atoms with Gasteiger partial charge in [0.25, 0.3) is 0 Å². The lowest BCUT2D eigenvalue weighted by Gasteiger charge is -2.16. The van der Waals surface area contributed by atoms with Crippen LogP contribution in [-0.2, 0) is 18.4 Å². The average molecular weight is 436 g/mol. The number of carbonyl (C=O) groups is 1. The molecule has 0 aliphatic rings. The summed E-state index contributed by atoms with van der Waals surface area (Å²) in [5.74, 6) is 0.482. The van der Waals surface area contributed by atoms with Gasteiger partial charge in [0, 0.05) is 25.1 Å². The first-order chi connectivity index (χ1) is 12.0. The molecule has 2 heterocycles. The predicted octanol–water partition coefficient (Wildman–Crippen LogP) is 4.66. The molecular weight excluding hydrogens is 418 g/mol. The monoisotopic (exact) mass is 435 g/mol. The fraction of sp³-hybridized carbons (Fsp3) is 0.222. The van der Waals surface area contributed by atoms with Crippen molar-refractivity contribution in [2.45, 2.75) is 11.7 Å². The van der Waals surface area contributed by atoms with Crippen molar-refractivity contribution >= 4 is 44.9 Å². The highest BCUT2D eigenvalue weighted by atomic mass is 79.9. The first-order valence-corrected chi connectivity index (χ1v) is 10.4. The lowest BCUT2D eigenvalue weighted by molar-refractivity contribution is -0.127. The second kappa shape index (κ2) is 8.21. The van der Waals surface area contributed by atoms with E-state index < -0.39 is 0 Å². The van der Waals surface area contributed by atoms with Gasteiger partial charge in [-0.3, -0.25) is 4.79 Å². The van der Waals surface area contributed by atoms with E-state index in [4.69, 9.17) is 0 Å². The van der Waals surface area contributed by atoms with E-state index in [0.717, 1.165) is 20.9 Å². The van der Waals surface area contributed by atoms with E-state index in [1.807, 2.05) is 48.4 Å². The van der Waals surface area contributed by atoms with Crippen molar-refractivity contribution in [3.63, 3.8) is 0 Å². The molecule has 1 amide bonds. The van der Waals surface area contributed by atoms with Gasteiger partial charge in [-0.25, -0.2) is 4.98 Å². The Kier molecular flexibility index (Phi) is 5.98. The van der Waals surface area contributed by atoms with Gasteiger partial charge in [0.15, 0.2) is 5.16 Å². The van der Waals surface area contributed by atoms with Gasteiger partial charge in [0.2, 0.25) is 5.91 Å². The molecule has 1 aromatic carbocycles. The molecule has 0 aliphatic heterocycles. The molecule has 0 fully saturated rings. The molecule has 0 saturated carbocycles. The Balaban J connectivity index is 1.62. The minimum Gasteiger partial charge on any atom is -0.341 e. The summed E-state index contributed by atoms with van der Waals surface area (Å²) in [5, 5.41) is 4.94. The average Bonchev–Trinajstić information content (AvgIpc) is 3.23. The number of amides is 1. The Hall–Kier alpha value is -1.57. The van der Waals surface area contributed by atoms with E-state index >= 15 is 0 Å². The molecule has 25 heavy (non-hydrogen) atoms.